The largest absolute Gasteiger partial charge is 0.390 e. The van der Waals surface area contributed by atoms with E-state index in [4.69, 9.17) is 0 Å². The molecule has 0 spiro atoms. The van der Waals surface area contributed by atoms with Crippen LogP contribution in [0.25, 0.3) is 0 Å². The van der Waals surface area contributed by atoms with E-state index in [0.717, 1.165) is 32.4 Å². The number of hydrogen-bond donors (Lipinski definition) is 1. The second kappa shape index (κ2) is 3.99. The van der Waals surface area contributed by atoms with Crippen LogP contribution in [0.15, 0.2) is 0 Å². The van der Waals surface area contributed by atoms with Crippen molar-refractivity contribution in [1.29, 1.82) is 0 Å². The minimum Gasteiger partial charge on any atom is -0.390 e. The Kier molecular flexibility index (Phi) is 2.88. The molecule has 2 atom stereocenters. The summed E-state index contributed by atoms with van der Waals surface area (Å²) in [5.74, 6) is 1.07. The van der Waals surface area contributed by atoms with Gasteiger partial charge in [0.05, 0.1) is 6.10 Å². The third kappa shape index (κ3) is 1.84. The molecular weight excluding hydrogens is 178 g/mol. The van der Waals surface area contributed by atoms with Crippen LogP contribution >= 0.6 is 0 Å². The molecule has 0 aromatic heterocycles. The lowest BCUT2D eigenvalue weighted by molar-refractivity contribution is -0.126. The number of hydrogen-bond acceptors (Lipinski definition) is 3. The van der Waals surface area contributed by atoms with E-state index in [2.05, 4.69) is 11.8 Å². The number of ketones is 1. The molecule has 2 rings (SSSR count). The molecule has 80 valence electrons. The number of aliphatic hydroxyl groups excluding tert-OH is 1. The van der Waals surface area contributed by atoms with E-state index in [0.29, 0.717) is 24.2 Å². The van der Waals surface area contributed by atoms with E-state index in [1.54, 1.807) is 0 Å². The first kappa shape index (κ1) is 10.1. The highest BCUT2D eigenvalue weighted by molar-refractivity contribution is 5.79. The van der Waals surface area contributed by atoms with Crippen molar-refractivity contribution in [2.45, 2.75) is 44.8 Å². The molecule has 0 aromatic rings. The second-order valence-corrected chi connectivity index (χ2v) is 4.62. The fraction of sp³-hybridized carbons (Fsp3) is 0.909. The molecule has 1 saturated carbocycles. The van der Waals surface area contributed by atoms with Gasteiger partial charge in [-0.15, -0.1) is 0 Å². The highest BCUT2D eigenvalue weighted by Crippen LogP contribution is 2.31. The third-order valence-electron chi connectivity index (χ3n) is 3.66. The van der Waals surface area contributed by atoms with Gasteiger partial charge in [0.2, 0.25) is 0 Å². The third-order valence-corrected chi connectivity index (χ3v) is 3.66. The van der Waals surface area contributed by atoms with Crippen molar-refractivity contribution in [3.63, 3.8) is 0 Å². The number of nitrogens with zero attached hydrogens (tertiary/aromatic N) is 1. The molecule has 0 bridgehead atoms. The molecule has 0 aromatic carbocycles. The van der Waals surface area contributed by atoms with Gasteiger partial charge in [-0.05, 0) is 12.3 Å². The summed E-state index contributed by atoms with van der Waals surface area (Å²) in [6.07, 6.45) is 3.54. The standard InChI is InChI=1S/C11H19NO2/c1-2-8-3-4-9(13)5-11(8)12-6-10(14)7-12/h8,10-11,14H,2-7H2,1H3. The van der Waals surface area contributed by atoms with E-state index in [-0.39, 0.29) is 6.10 Å². The van der Waals surface area contributed by atoms with E-state index in [1.807, 2.05) is 0 Å². The number of carbonyl (C=O) groups is 1. The van der Waals surface area contributed by atoms with Crippen LogP contribution in [0.1, 0.15) is 32.6 Å². The van der Waals surface area contributed by atoms with Gasteiger partial charge < -0.3 is 5.11 Å². The number of β-amino-alcohol motifs (C(OH)–C–C–N with tert-alkyl or cyclic N) is 1. The summed E-state index contributed by atoms with van der Waals surface area (Å²) in [6.45, 7) is 3.74. The number of carbonyl (C=O) groups excluding carboxylic acids is 1. The quantitative estimate of drug-likeness (QED) is 0.712. The summed E-state index contributed by atoms with van der Waals surface area (Å²) in [4.78, 5) is 13.6. The summed E-state index contributed by atoms with van der Waals surface area (Å²) in [7, 11) is 0. The van der Waals surface area contributed by atoms with Gasteiger partial charge in [-0.1, -0.05) is 13.3 Å². The molecule has 1 heterocycles. The fourth-order valence-corrected chi connectivity index (χ4v) is 2.70. The molecule has 3 heteroatoms. The molecule has 0 radical (unpaired) electrons. The lowest BCUT2D eigenvalue weighted by atomic mass is 9.80. The first-order chi connectivity index (χ1) is 6.70. The van der Waals surface area contributed by atoms with Gasteiger partial charge in [0.25, 0.3) is 0 Å². The maximum absolute atomic E-state index is 11.4. The lowest BCUT2D eigenvalue weighted by Crippen LogP contribution is -2.58. The van der Waals surface area contributed by atoms with Crippen LogP contribution in [0.5, 0.6) is 0 Å². The fourth-order valence-electron chi connectivity index (χ4n) is 2.70. The van der Waals surface area contributed by atoms with E-state index >= 15 is 0 Å². The molecule has 1 aliphatic carbocycles. The van der Waals surface area contributed by atoms with Crippen LogP contribution in [0.2, 0.25) is 0 Å². The van der Waals surface area contributed by atoms with Crippen molar-refractivity contribution in [3.8, 4) is 0 Å². The van der Waals surface area contributed by atoms with Crippen LogP contribution in [0.4, 0.5) is 0 Å². The molecule has 1 saturated heterocycles. The zero-order chi connectivity index (χ0) is 10.1. The molecule has 1 aliphatic heterocycles. The zero-order valence-corrected chi connectivity index (χ0v) is 8.78. The van der Waals surface area contributed by atoms with Crippen molar-refractivity contribution >= 4 is 5.78 Å². The van der Waals surface area contributed by atoms with Crippen LogP contribution in [-0.2, 0) is 4.79 Å². The maximum Gasteiger partial charge on any atom is 0.134 e. The number of likely N-dealkylation sites (tertiary alicyclic amines) is 1. The number of aliphatic hydroxyl groups is 1. The molecule has 3 nitrogen and oxygen atoms in total. The Labute approximate surface area is 85.1 Å². The molecule has 14 heavy (non-hydrogen) atoms. The average molecular weight is 197 g/mol. The van der Waals surface area contributed by atoms with Gasteiger partial charge in [0.1, 0.15) is 5.78 Å². The number of Topliss-reactive ketones (excluding diaryl/α,β-unsaturated/α-hetero) is 1. The van der Waals surface area contributed by atoms with Crippen molar-refractivity contribution in [2.24, 2.45) is 5.92 Å². The number of rotatable bonds is 2. The van der Waals surface area contributed by atoms with E-state index < -0.39 is 0 Å². The summed E-state index contributed by atoms with van der Waals surface area (Å²) in [5, 5.41) is 9.25. The molecule has 0 amide bonds. The Morgan fingerprint density at radius 3 is 2.79 bits per heavy atom. The minimum atomic E-state index is -0.149. The van der Waals surface area contributed by atoms with Gasteiger partial charge in [-0.2, -0.15) is 0 Å². The predicted octanol–water partition coefficient (Wildman–Crippen LogP) is 0.811. The Balaban J connectivity index is 1.95. The van der Waals surface area contributed by atoms with Crippen molar-refractivity contribution < 1.29 is 9.90 Å². The van der Waals surface area contributed by atoms with Crippen molar-refractivity contribution in [2.75, 3.05) is 13.1 Å². The Hall–Kier alpha value is -0.410. The minimum absolute atomic E-state index is 0.149. The van der Waals surface area contributed by atoms with Gasteiger partial charge in [0, 0.05) is 32.0 Å². The van der Waals surface area contributed by atoms with Gasteiger partial charge in [-0.3, -0.25) is 9.69 Å². The second-order valence-electron chi connectivity index (χ2n) is 4.62. The molecule has 2 fully saturated rings. The zero-order valence-electron chi connectivity index (χ0n) is 8.78. The Morgan fingerprint density at radius 1 is 1.50 bits per heavy atom. The van der Waals surface area contributed by atoms with Crippen LogP contribution < -0.4 is 0 Å². The summed E-state index contributed by atoms with van der Waals surface area (Å²) in [5.41, 5.74) is 0. The molecule has 2 aliphatic rings. The van der Waals surface area contributed by atoms with Crippen molar-refractivity contribution in [1.82, 2.24) is 4.90 Å². The van der Waals surface area contributed by atoms with Crippen molar-refractivity contribution in [3.05, 3.63) is 0 Å². The van der Waals surface area contributed by atoms with E-state index in [1.165, 1.54) is 0 Å². The van der Waals surface area contributed by atoms with Gasteiger partial charge >= 0.3 is 0 Å². The highest BCUT2D eigenvalue weighted by Gasteiger charge is 2.38. The van der Waals surface area contributed by atoms with Crippen LogP contribution in [0.3, 0.4) is 0 Å². The average Bonchev–Trinajstić information content (AvgIpc) is 2.13. The smallest absolute Gasteiger partial charge is 0.134 e. The SMILES string of the molecule is CCC1CCC(=O)CC1N1CC(O)C1. The van der Waals surface area contributed by atoms with E-state index in [9.17, 15) is 9.90 Å². The van der Waals surface area contributed by atoms with Gasteiger partial charge in [-0.25, -0.2) is 0 Å². The Morgan fingerprint density at radius 2 is 2.21 bits per heavy atom. The predicted molar refractivity (Wildman–Crippen MR) is 54.0 cm³/mol. The summed E-state index contributed by atoms with van der Waals surface area (Å²) < 4.78 is 0. The first-order valence-electron chi connectivity index (χ1n) is 5.64. The van der Waals surface area contributed by atoms with Crippen LogP contribution in [0, 0.1) is 5.92 Å². The van der Waals surface area contributed by atoms with Gasteiger partial charge in [0.15, 0.2) is 0 Å². The normalized spacial score (nSPS) is 35.7. The van der Waals surface area contributed by atoms with Crippen LogP contribution in [-0.4, -0.2) is 41.0 Å². The molecular formula is C11H19NO2. The summed E-state index contributed by atoms with van der Waals surface area (Å²) in [6, 6.07) is 0.421. The molecule has 1 N–H and O–H groups in total. The summed E-state index contributed by atoms with van der Waals surface area (Å²) >= 11 is 0. The topological polar surface area (TPSA) is 40.5 Å². The Bertz CT molecular complexity index is 223. The highest BCUT2D eigenvalue weighted by atomic mass is 16.3. The maximum atomic E-state index is 11.4. The first-order valence-corrected chi connectivity index (χ1v) is 5.64. The monoisotopic (exact) mass is 197 g/mol. The lowest BCUT2D eigenvalue weighted by Gasteiger charge is -2.46. The molecule has 2 unspecified atom stereocenters.